The number of rotatable bonds is 12. The summed E-state index contributed by atoms with van der Waals surface area (Å²) < 4.78 is 27.5. The summed E-state index contributed by atoms with van der Waals surface area (Å²) in [5.74, 6) is 0. The first kappa shape index (κ1) is 30.9. The van der Waals surface area contributed by atoms with E-state index in [1.807, 2.05) is 0 Å². The van der Waals surface area contributed by atoms with E-state index in [0.717, 1.165) is 0 Å². The van der Waals surface area contributed by atoms with Crippen molar-refractivity contribution < 1.29 is 24.2 Å². The van der Waals surface area contributed by atoms with Crippen molar-refractivity contribution in [2.24, 2.45) is 0 Å². The molecule has 0 saturated heterocycles. The van der Waals surface area contributed by atoms with Gasteiger partial charge in [-0.3, -0.25) is 28.7 Å². The zero-order chi connectivity index (χ0) is 30.4. The molecule has 222 valence electrons. The highest BCUT2D eigenvalue weighted by atomic mass is 32.2. The van der Waals surface area contributed by atoms with Crippen LogP contribution in [0.15, 0.2) is 77.5 Å². The number of aliphatic hydroxyl groups excluding tert-OH is 2. The molecule has 0 unspecified atom stereocenters. The molecule has 14 heteroatoms. The molecule has 0 saturated carbocycles. The van der Waals surface area contributed by atoms with Crippen LogP contribution in [0.25, 0.3) is 22.5 Å². The van der Waals surface area contributed by atoms with Gasteiger partial charge in [0.15, 0.2) is 9.79 Å². The number of hydrogen-bond donors (Lipinski definition) is 4. The highest BCUT2D eigenvalue weighted by Gasteiger charge is 2.28. The number of nitrogens with zero attached hydrogens (tertiary/aromatic N) is 2. The second-order valence-electron chi connectivity index (χ2n) is 9.10. The van der Waals surface area contributed by atoms with Crippen molar-refractivity contribution in [2.75, 3.05) is 26.4 Å². The molecule has 0 aliphatic carbocycles. The summed E-state index contributed by atoms with van der Waals surface area (Å²) in [5.41, 5.74) is -1.36. The van der Waals surface area contributed by atoms with Crippen LogP contribution >= 0.6 is 0 Å². The molecule has 0 fully saturated rings. The lowest BCUT2D eigenvalue weighted by atomic mass is 10.1. The number of aliphatic hydroxyl groups is 2. The maximum Gasteiger partial charge on any atom is 0.330 e. The lowest BCUT2D eigenvalue weighted by molar-refractivity contribution is 0.0464. The van der Waals surface area contributed by atoms with E-state index >= 15 is 0 Å². The lowest BCUT2D eigenvalue weighted by Gasteiger charge is -2.21. The molecular weight excluding hydrogens is 568 g/mol. The van der Waals surface area contributed by atoms with Crippen LogP contribution in [0.2, 0.25) is 0 Å². The van der Waals surface area contributed by atoms with E-state index in [-0.39, 0.29) is 72.2 Å². The predicted octanol–water partition coefficient (Wildman–Crippen LogP) is 0.437. The standard InChI is InChI=1S/C28H30N4O9S/c1-17-23(31(15-40-13-11-33)27(37)29-25(17)35)19-7-3-5-9-21(19)42(39)22-10-6-4-8-20(22)24-18(2)26(36)30-28(38)32(24)16-41-14-12-34/h3-10,33-34H,11-16H2,1-2H3,(H,29,35,37)(H,30,36,38). The zero-order valence-electron chi connectivity index (χ0n) is 22.9. The quantitative estimate of drug-likeness (QED) is 0.132. The fourth-order valence-electron chi connectivity index (χ4n) is 4.49. The number of H-pyrrole nitrogens is 2. The molecule has 42 heavy (non-hydrogen) atoms. The number of nitrogens with one attached hydrogen (secondary N) is 2. The molecule has 4 aromatic rings. The van der Waals surface area contributed by atoms with Gasteiger partial charge in [-0.25, -0.2) is 9.59 Å². The maximum atomic E-state index is 14.4. The molecule has 2 aromatic heterocycles. The Balaban J connectivity index is 1.94. The third-order valence-corrected chi connectivity index (χ3v) is 7.97. The van der Waals surface area contributed by atoms with Crippen molar-refractivity contribution in [3.05, 3.63) is 101 Å². The first-order valence-electron chi connectivity index (χ1n) is 12.9. The number of aromatic amines is 2. The summed E-state index contributed by atoms with van der Waals surface area (Å²) in [6.45, 7) is 1.83. The lowest BCUT2D eigenvalue weighted by Crippen LogP contribution is -2.34. The number of hydrogen-bond acceptors (Lipinski definition) is 9. The summed E-state index contributed by atoms with van der Waals surface area (Å²) in [7, 11) is 0. The third-order valence-electron chi connectivity index (χ3n) is 6.46. The van der Waals surface area contributed by atoms with Crippen LogP contribution in [0.1, 0.15) is 11.1 Å². The first-order valence-corrected chi connectivity index (χ1v) is 14.0. The smallest absolute Gasteiger partial charge is 0.330 e. The van der Waals surface area contributed by atoms with Crippen molar-refractivity contribution in [3.8, 4) is 22.5 Å². The molecule has 2 aromatic carbocycles. The molecule has 4 rings (SSSR count). The molecule has 0 spiro atoms. The average molecular weight is 599 g/mol. The predicted molar refractivity (Wildman–Crippen MR) is 154 cm³/mol. The van der Waals surface area contributed by atoms with E-state index in [2.05, 4.69) is 9.97 Å². The Morgan fingerprint density at radius 1 is 0.714 bits per heavy atom. The monoisotopic (exact) mass is 598 g/mol. The van der Waals surface area contributed by atoms with Gasteiger partial charge in [0.25, 0.3) is 11.1 Å². The van der Waals surface area contributed by atoms with Crippen LogP contribution in [0, 0.1) is 13.8 Å². The fourth-order valence-corrected chi connectivity index (χ4v) is 5.86. The second-order valence-corrected chi connectivity index (χ2v) is 10.5. The minimum absolute atomic E-state index is 0.0513. The van der Waals surface area contributed by atoms with Gasteiger partial charge in [0.05, 0.1) is 48.9 Å². The van der Waals surface area contributed by atoms with Gasteiger partial charge in [-0.05, 0) is 38.1 Å². The van der Waals surface area contributed by atoms with Crippen LogP contribution < -0.4 is 22.5 Å². The topological polar surface area (TPSA) is 192 Å². The summed E-state index contributed by atoms with van der Waals surface area (Å²) in [6, 6.07) is 13.1. The van der Waals surface area contributed by atoms with Gasteiger partial charge in [0, 0.05) is 22.3 Å². The normalized spacial score (nSPS) is 11.4. The Labute approximate surface area is 241 Å². The highest BCUT2D eigenvalue weighted by molar-refractivity contribution is 7.91. The van der Waals surface area contributed by atoms with E-state index < -0.39 is 33.7 Å². The fraction of sp³-hybridized carbons (Fsp3) is 0.286. The number of ether oxygens (including phenoxy) is 2. The van der Waals surface area contributed by atoms with Crippen molar-refractivity contribution >= 4 is 11.2 Å². The van der Waals surface area contributed by atoms with E-state index in [0.29, 0.717) is 11.1 Å². The molecule has 0 aliphatic heterocycles. The molecule has 0 amide bonds. The van der Waals surface area contributed by atoms with Crippen molar-refractivity contribution in [1.29, 1.82) is 0 Å². The molecule has 0 atom stereocenters. The van der Waals surface area contributed by atoms with Crippen LogP contribution in [0.5, 0.6) is 0 Å². The van der Waals surface area contributed by atoms with E-state index in [1.165, 1.54) is 23.0 Å². The van der Waals surface area contributed by atoms with Gasteiger partial charge >= 0.3 is 11.4 Å². The van der Waals surface area contributed by atoms with Gasteiger partial charge in [-0.15, -0.1) is 0 Å². The summed E-state index contributed by atoms with van der Waals surface area (Å²) >= 11 is -1.96. The molecule has 2 heterocycles. The summed E-state index contributed by atoms with van der Waals surface area (Å²) in [6.07, 6.45) is 0. The Bertz CT molecular complexity index is 1680. The average Bonchev–Trinajstić information content (AvgIpc) is 2.98. The van der Waals surface area contributed by atoms with Crippen LogP contribution in [-0.4, -0.2) is 60.3 Å². The molecule has 0 bridgehead atoms. The number of aromatic nitrogens is 4. The first-order chi connectivity index (χ1) is 20.2. The van der Waals surface area contributed by atoms with Crippen molar-refractivity contribution in [2.45, 2.75) is 37.1 Å². The SMILES string of the molecule is Cc1c(-c2ccccc2[S+]([O-])c2ccccc2-c2c(C)c(=O)[nH]c(=O)n2COCCO)n(COCCO)c(=O)[nH]c1=O. The molecule has 0 aliphatic rings. The van der Waals surface area contributed by atoms with E-state index in [1.54, 1.807) is 48.5 Å². The van der Waals surface area contributed by atoms with Gasteiger partial charge in [-0.1, -0.05) is 24.3 Å². The number of benzene rings is 2. The van der Waals surface area contributed by atoms with Gasteiger partial charge in [-0.2, -0.15) is 0 Å². The van der Waals surface area contributed by atoms with Crippen molar-refractivity contribution in [3.63, 3.8) is 0 Å². The Morgan fingerprint density at radius 3 is 1.48 bits per heavy atom. The Morgan fingerprint density at radius 2 is 1.10 bits per heavy atom. The van der Waals surface area contributed by atoms with Crippen LogP contribution in [0.4, 0.5) is 0 Å². The Kier molecular flexibility index (Phi) is 10.1. The van der Waals surface area contributed by atoms with Crippen molar-refractivity contribution in [1.82, 2.24) is 19.1 Å². The highest BCUT2D eigenvalue weighted by Crippen LogP contribution is 2.36. The van der Waals surface area contributed by atoms with E-state index in [4.69, 9.17) is 19.7 Å². The largest absolute Gasteiger partial charge is 0.606 e. The second kappa shape index (κ2) is 13.7. The summed E-state index contributed by atoms with van der Waals surface area (Å²) in [5, 5.41) is 18.2. The minimum atomic E-state index is -1.96. The third kappa shape index (κ3) is 6.23. The molecule has 0 radical (unpaired) electrons. The van der Waals surface area contributed by atoms with Crippen LogP contribution in [-0.2, 0) is 34.1 Å². The van der Waals surface area contributed by atoms with Gasteiger partial charge in [0.2, 0.25) is 0 Å². The zero-order valence-corrected chi connectivity index (χ0v) is 23.7. The minimum Gasteiger partial charge on any atom is -0.606 e. The van der Waals surface area contributed by atoms with Gasteiger partial charge in [0.1, 0.15) is 13.5 Å². The van der Waals surface area contributed by atoms with Gasteiger partial charge < -0.3 is 24.2 Å². The molecule has 4 N–H and O–H groups in total. The molecule has 13 nitrogen and oxygen atoms in total. The van der Waals surface area contributed by atoms with Crippen LogP contribution in [0.3, 0.4) is 0 Å². The molecular formula is C28H30N4O9S. The van der Waals surface area contributed by atoms with E-state index in [9.17, 15) is 23.7 Å². The summed E-state index contributed by atoms with van der Waals surface area (Å²) in [4.78, 5) is 55.9. The Hall–Kier alpha value is -4.05. The maximum absolute atomic E-state index is 14.4.